The van der Waals surface area contributed by atoms with Gasteiger partial charge in [-0.25, -0.2) is 4.79 Å². The van der Waals surface area contributed by atoms with Gasteiger partial charge in [0.2, 0.25) is 0 Å². The molecule has 140 valence electrons. The smallest absolute Gasteiger partial charge is 0.342 e. The molecule has 1 aliphatic carbocycles. The third-order valence-corrected chi connectivity index (χ3v) is 5.63. The zero-order valence-corrected chi connectivity index (χ0v) is 17.0. The van der Waals surface area contributed by atoms with Crippen LogP contribution in [0.2, 0.25) is 5.02 Å². The number of fused-ring (bicyclic) bond motifs is 2. The number of ether oxygens (including phenoxy) is 1. The van der Waals surface area contributed by atoms with E-state index in [1.807, 2.05) is 0 Å². The van der Waals surface area contributed by atoms with Crippen molar-refractivity contribution in [3.63, 3.8) is 0 Å². The van der Waals surface area contributed by atoms with Gasteiger partial charge in [-0.3, -0.25) is 4.79 Å². The first kappa shape index (κ1) is 18.3. The Morgan fingerprint density at radius 1 is 1.37 bits per heavy atom. The number of hydrogen-bond acceptors (Lipinski definition) is 4. The van der Waals surface area contributed by atoms with Crippen molar-refractivity contribution in [3.05, 3.63) is 49.8 Å². The Kier molecular flexibility index (Phi) is 4.86. The molecule has 0 saturated carbocycles. The summed E-state index contributed by atoms with van der Waals surface area (Å²) < 4.78 is 11.9. The lowest BCUT2D eigenvalue weighted by Crippen LogP contribution is -2.10. The van der Waals surface area contributed by atoms with Crippen LogP contribution in [-0.4, -0.2) is 18.5 Å². The highest BCUT2D eigenvalue weighted by atomic mass is 79.9. The van der Waals surface area contributed by atoms with Crippen molar-refractivity contribution in [2.24, 2.45) is 0 Å². The van der Waals surface area contributed by atoms with Gasteiger partial charge in [-0.1, -0.05) is 11.6 Å². The zero-order valence-electron chi connectivity index (χ0n) is 14.7. The molecule has 1 aromatic heterocycles. The van der Waals surface area contributed by atoms with Crippen LogP contribution in [0.15, 0.2) is 21.0 Å². The quantitative estimate of drug-likeness (QED) is 0.513. The molecule has 1 aliphatic heterocycles. The fraction of sp³-hybridized carbons (Fsp3) is 0.300. The predicted molar refractivity (Wildman–Crippen MR) is 107 cm³/mol. The van der Waals surface area contributed by atoms with Crippen molar-refractivity contribution in [1.29, 1.82) is 0 Å². The number of halogens is 2. The summed E-state index contributed by atoms with van der Waals surface area (Å²) in [4.78, 5) is 25.1. The van der Waals surface area contributed by atoms with Crippen molar-refractivity contribution in [2.75, 3.05) is 11.9 Å². The van der Waals surface area contributed by atoms with E-state index in [0.29, 0.717) is 37.6 Å². The van der Waals surface area contributed by atoms with E-state index in [4.69, 9.17) is 20.8 Å². The zero-order chi connectivity index (χ0) is 19.1. The Morgan fingerprint density at radius 2 is 2.15 bits per heavy atom. The third kappa shape index (κ3) is 3.21. The summed E-state index contributed by atoms with van der Waals surface area (Å²) in [5.41, 5.74) is 3.07. The molecule has 2 heterocycles. The van der Waals surface area contributed by atoms with Gasteiger partial charge < -0.3 is 14.5 Å². The summed E-state index contributed by atoms with van der Waals surface area (Å²) in [5, 5.41) is 3.34. The van der Waals surface area contributed by atoms with Gasteiger partial charge in [0.15, 0.2) is 0 Å². The summed E-state index contributed by atoms with van der Waals surface area (Å²) in [6.45, 7) is 2.05. The van der Waals surface area contributed by atoms with Gasteiger partial charge in [0.05, 0.1) is 17.9 Å². The van der Waals surface area contributed by atoms with E-state index in [-0.39, 0.29) is 12.5 Å². The number of hydrogen-bond donors (Lipinski definition) is 1. The first-order valence-corrected chi connectivity index (χ1v) is 10.0. The van der Waals surface area contributed by atoms with Gasteiger partial charge in [-0.15, -0.1) is 0 Å². The van der Waals surface area contributed by atoms with Gasteiger partial charge in [-0.05, 0) is 60.3 Å². The number of aryl methyl sites for hydroxylation is 1. The molecule has 0 atom stereocenters. The second-order valence-corrected chi connectivity index (χ2v) is 7.78. The lowest BCUT2D eigenvalue weighted by Gasteiger charge is -2.10. The highest BCUT2D eigenvalue weighted by Gasteiger charge is 2.31. The summed E-state index contributed by atoms with van der Waals surface area (Å²) in [5.74, 6) is 0.496. The molecule has 4 rings (SSSR count). The molecule has 1 N–H and O–H groups in total. The van der Waals surface area contributed by atoms with Crippen molar-refractivity contribution >= 4 is 56.7 Å². The van der Waals surface area contributed by atoms with E-state index in [1.165, 1.54) is 0 Å². The molecule has 0 unspecified atom stereocenters. The molecule has 0 saturated heterocycles. The van der Waals surface area contributed by atoms with Crippen LogP contribution in [0.25, 0.3) is 11.6 Å². The van der Waals surface area contributed by atoms with E-state index in [0.717, 1.165) is 37.0 Å². The number of rotatable bonds is 3. The molecule has 0 radical (unpaired) electrons. The van der Waals surface area contributed by atoms with Crippen LogP contribution in [-0.2, 0) is 22.4 Å². The molecular formula is C20H17BrClNO4. The maximum Gasteiger partial charge on any atom is 0.342 e. The maximum absolute atomic E-state index is 12.6. The molecule has 0 spiro atoms. The number of benzene rings is 1. The normalized spacial score (nSPS) is 16.9. The lowest BCUT2D eigenvalue weighted by molar-refractivity contribution is -0.110. The molecule has 2 aliphatic rings. The highest BCUT2D eigenvalue weighted by Crippen LogP contribution is 2.41. The highest BCUT2D eigenvalue weighted by molar-refractivity contribution is 9.10. The van der Waals surface area contributed by atoms with E-state index in [9.17, 15) is 9.59 Å². The lowest BCUT2D eigenvalue weighted by atomic mass is 9.94. The standard InChI is InChI=1S/C20H17BrClNO4/c1-2-26-20(25)17-11-5-3-4-6-15(11)27-16(17)9-13-12-7-10(22)8-14(21)18(12)23-19(13)24/h7-9H,2-6H2,1H3,(H,23,24). The van der Waals surface area contributed by atoms with Crippen LogP contribution in [0.5, 0.6) is 0 Å². The number of anilines is 1. The summed E-state index contributed by atoms with van der Waals surface area (Å²) in [6, 6.07) is 3.44. The molecule has 5 nitrogen and oxygen atoms in total. The molecule has 27 heavy (non-hydrogen) atoms. The average molecular weight is 451 g/mol. The Hall–Kier alpha value is -2.05. The fourth-order valence-corrected chi connectivity index (χ4v) is 4.52. The van der Waals surface area contributed by atoms with Gasteiger partial charge in [0.1, 0.15) is 17.1 Å². The van der Waals surface area contributed by atoms with Gasteiger partial charge in [-0.2, -0.15) is 0 Å². The summed E-state index contributed by atoms with van der Waals surface area (Å²) in [7, 11) is 0. The van der Waals surface area contributed by atoms with Crippen LogP contribution >= 0.6 is 27.5 Å². The van der Waals surface area contributed by atoms with E-state index in [2.05, 4.69) is 21.2 Å². The number of nitrogens with one attached hydrogen (secondary N) is 1. The summed E-state index contributed by atoms with van der Waals surface area (Å²) >= 11 is 9.58. The van der Waals surface area contributed by atoms with E-state index in [1.54, 1.807) is 25.1 Å². The first-order valence-electron chi connectivity index (χ1n) is 8.83. The number of esters is 1. The number of carbonyl (C=O) groups is 2. The SMILES string of the molecule is CCOC(=O)c1c(C=C2C(=O)Nc3c(Br)cc(Cl)cc32)oc2c1CCCC2. The van der Waals surface area contributed by atoms with Crippen LogP contribution in [0, 0.1) is 0 Å². The van der Waals surface area contributed by atoms with Crippen LogP contribution in [0.1, 0.15) is 52.8 Å². The fourth-order valence-electron chi connectivity index (χ4n) is 3.61. The second kappa shape index (κ2) is 7.17. The molecule has 0 fully saturated rings. The van der Waals surface area contributed by atoms with Crippen molar-refractivity contribution in [3.8, 4) is 0 Å². The van der Waals surface area contributed by atoms with Crippen molar-refractivity contribution in [2.45, 2.75) is 32.6 Å². The monoisotopic (exact) mass is 449 g/mol. The third-order valence-electron chi connectivity index (χ3n) is 4.78. The Balaban J connectivity index is 1.87. The predicted octanol–water partition coefficient (Wildman–Crippen LogP) is 5.24. The number of carbonyl (C=O) groups excluding carboxylic acids is 2. The number of furan rings is 1. The van der Waals surface area contributed by atoms with Crippen LogP contribution in [0.3, 0.4) is 0 Å². The number of amides is 1. The molecule has 7 heteroatoms. The largest absolute Gasteiger partial charge is 0.462 e. The minimum absolute atomic E-state index is 0.267. The van der Waals surface area contributed by atoms with Gasteiger partial charge in [0.25, 0.3) is 5.91 Å². The van der Waals surface area contributed by atoms with E-state index < -0.39 is 5.97 Å². The average Bonchev–Trinajstić information content (AvgIpc) is 3.14. The second-order valence-electron chi connectivity index (χ2n) is 6.49. The van der Waals surface area contributed by atoms with E-state index >= 15 is 0 Å². The molecule has 1 aromatic carbocycles. The Labute approximate surface area is 169 Å². The van der Waals surface area contributed by atoms with Crippen LogP contribution in [0.4, 0.5) is 5.69 Å². The topological polar surface area (TPSA) is 68.5 Å². The minimum Gasteiger partial charge on any atom is -0.462 e. The van der Waals surface area contributed by atoms with Crippen molar-refractivity contribution in [1.82, 2.24) is 0 Å². The first-order chi connectivity index (χ1) is 13.0. The maximum atomic E-state index is 12.6. The molecule has 2 aromatic rings. The van der Waals surface area contributed by atoms with Crippen LogP contribution < -0.4 is 5.32 Å². The van der Waals surface area contributed by atoms with Gasteiger partial charge in [0, 0.05) is 27.0 Å². The van der Waals surface area contributed by atoms with Crippen molar-refractivity contribution < 1.29 is 18.7 Å². The molecule has 0 bridgehead atoms. The molecular weight excluding hydrogens is 434 g/mol. The Morgan fingerprint density at radius 3 is 2.93 bits per heavy atom. The molecule has 1 amide bonds. The minimum atomic E-state index is -0.415. The Bertz CT molecular complexity index is 992. The van der Waals surface area contributed by atoms with Gasteiger partial charge >= 0.3 is 5.97 Å². The summed E-state index contributed by atoms with van der Waals surface area (Å²) in [6.07, 6.45) is 5.20.